The molecule has 0 unspecified atom stereocenters. The van der Waals surface area contributed by atoms with Crippen LogP contribution < -0.4 is 4.90 Å². The molecular weight excluding hydrogens is 373 g/mol. The summed E-state index contributed by atoms with van der Waals surface area (Å²) >= 11 is 15.5. The molecule has 1 aromatic heterocycles. The molecule has 2 aromatic carbocycles. The van der Waals surface area contributed by atoms with Gasteiger partial charge in [0.25, 0.3) is 0 Å². The van der Waals surface area contributed by atoms with Gasteiger partial charge in [-0.1, -0.05) is 33.6 Å². The molecule has 0 aliphatic heterocycles. The van der Waals surface area contributed by atoms with Crippen LogP contribution in [0.5, 0.6) is 0 Å². The fourth-order valence-electron chi connectivity index (χ4n) is 2.12. The minimum Gasteiger partial charge on any atom is -0.329 e. The molecule has 0 saturated carbocycles. The summed E-state index contributed by atoms with van der Waals surface area (Å²) in [5.41, 5.74) is 1.72. The molecule has 0 radical (unpaired) electrons. The van der Waals surface area contributed by atoms with E-state index in [2.05, 4.69) is 25.9 Å². The molecule has 0 bridgehead atoms. The Kier molecular flexibility index (Phi) is 4.02. The number of halogens is 3. The first kappa shape index (κ1) is 14.6. The summed E-state index contributed by atoms with van der Waals surface area (Å²) in [5, 5.41) is 1.71. The molecule has 0 spiro atoms. The van der Waals surface area contributed by atoms with E-state index in [1.807, 2.05) is 48.3 Å². The van der Waals surface area contributed by atoms with Crippen LogP contribution in [0.3, 0.4) is 0 Å². The van der Waals surface area contributed by atoms with Crippen molar-refractivity contribution in [1.82, 2.24) is 9.97 Å². The molecule has 106 valence electrons. The fourth-order valence-corrected chi connectivity index (χ4v) is 2.85. The molecule has 0 aliphatic rings. The summed E-state index contributed by atoms with van der Waals surface area (Å²) in [5.74, 6) is 0.736. The number of rotatable bonds is 2. The highest BCUT2D eigenvalue weighted by Gasteiger charge is 2.13. The second-order valence-corrected chi connectivity index (χ2v) is 6.21. The first-order valence-corrected chi connectivity index (χ1v) is 7.71. The van der Waals surface area contributed by atoms with Gasteiger partial charge in [0.15, 0.2) is 0 Å². The molecular formula is C15H10BrCl2N3. The van der Waals surface area contributed by atoms with E-state index >= 15 is 0 Å². The number of nitrogens with zero attached hydrogens (tertiary/aromatic N) is 3. The van der Waals surface area contributed by atoms with Crippen LogP contribution in [0.15, 0.2) is 46.9 Å². The number of benzene rings is 2. The summed E-state index contributed by atoms with van der Waals surface area (Å²) in [6.45, 7) is 0. The number of anilines is 2. The minimum absolute atomic E-state index is 0.196. The molecule has 0 N–H and O–H groups in total. The van der Waals surface area contributed by atoms with Crippen LogP contribution in [-0.2, 0) is 0 Å². The van der Waals surface area contributed by atoms with Gasteiger partial charge >= 0.3 is 0 Å². The lowest BCUT2D eigenvalue weighted by Gasteiger charge is -2.20. The predicted molar refractivity (Wildman–Crippen MR) is 91.8 cm³/mol. The Labute approximate surface area is 140 Å². The van der Waals surface area contributed by atoms with E-state index in [0.717, 1.165) is 26.9 Å². The fraction of sp³-hybridized carbons (Fsp3) is 0.0667. The molecule has 21 heavy (non-hydrogen) atoms. The normalized spacial score (nSPS) is 10.9. The molecule has 0 aliphatic carbocycles. The van der Waals surface area contributed by atoms with Gasteiger partial charge in [-0.2, -0.15) is 4.98 Å². The van der Waals surface area contributed by atoms with Gasteiger partial charge in [-0.3, -0.25) is 0 Å². The zero-order valence-corrected chi connectivity index (χ0v) is 14.1. The van der Waals surface area contributed by atoms with E-state index in [1.54, 1.807) is 6.07 Å². The number of hydrogen-bond acceptors (Lipinski definition) is 3. The lowest BCUT2D eigenvalue weighted by atomic mass is 10.2. The number of aromatic nitrogens is 2. The van der Waals surface area contributed by atoms with Crippen molar-refractivity contribution in [2.24, 2.45) is 0 Å². The number of hydrogen-bond donors (Lipinski definition) is 0. The van der Waals surface area contributed by atoms with Gasteiger partial charge < -0.3 is 4.90 Å². The van der Waals surface area contributed by atoms with E-state index in [1.165, 1.54) is 0 Å². The van der Waals surface area contributed by atoms with Crippen LogP contribution in [0, 0.1) is 0 Å². The highest BCUT2D eigenvalue weighted by atomic mass is 79.9. The highest BCUT2D eigenvalue weighted by Crippen LogP contribution is 2.32. The van der Waals surface area contributed by atoms with Crippen molar-refractivity contribution >= 4 is 61.5 Å². The van der Waals surface area contributed by atoms with Crippen LogP contribution in [0.1, 0.15) is 0 Å². The molecule has 6 heteroatoms. The lowest BCUT2D eigenvalue weighted by molar-refractivity contribution is 1.11. The summed E-state index contributed by atoms with van der Waals surface area (Å²) < 4.78 is 0.999. The van der Waals surface area contributed by atoms with Crippen LogP contribution in [0.25, 0.3) is 10.9 Å². The Morgan fingerprint density at radius 1 is 1.05 bits per heavy atom. The zero-order valence-electron chi connectivity index (χ0n) is 11.0. The third kappa shape index (κ3) is 2.98. The standard InChI is InChI=1S/C15H10BrCl2N3/c1-21(11-4-2-3-9(16)7-11)14-12-6-5-10(17)8-13(12)19-15(18)20-14/h2-8H,1H3. The van der Waals surface area contributed by atoms with Gasteiger partial charge in [-0.15, -0.1) is 0 Å². The maximum atomic E-state index is 6.04. The van der Waals surface area contributed by atoms with E-state index in [9.17, 15) is 0 Å². The Hall–Kier alpha value is -1.36. The second kappa shape index (κ2) is 5.79. The van der Waals surface area contributed by atoms with E-state index in [4.69, 9.17) is 23.2 Å². The van der Waals surface area contributed by atoms with Crippen LogP contribution >= 0.6 is 39.1 Å². The van der Waals surface area contributed by atoms with Crippen molar-refractivity contribution in [3.05, 3.63) is 57.2 Å². The first-order valence-electron chi connectivity index (χ1n) is 6.17. The Balaban J connectivity index is 2.19. The van der Waals surface area contributed by atoms with E-state index in [-0.39, 0.29) is 5.28 Å². The van der Waals surface area contributed by atoms with Gasteiger partial charge in [0, 0.05) is 27.6 Å². The van der Waals surface area contributed by atoms with Gasteiger partial charge in [-0.05, 0) is 48.0 Å². The highest BCUT2D eigenvalue weighted by molar-refractivity contribution is 9.10. The Morgan fingerprint density at radius 3 is 2.62 bits per heavy atom. The van der Waals surface area contributed by atoms with Crippen molar-refractivity contribution < 1.29 is 0 Å². The van der Waals surface area contributed by atoms with Crippen LogP contribution in [-0.4, -0.2) is 17.0 Å². The monoisotopic (exact) mass is 381 g/mol. The van der Waals surface area contributed by atoms with Gasteiger partial charge in [0.1, 0.15) is 5.82 Å². The minimum atomic E-state index is 0.196. The van der Waals surface area contributed by atoms with Crippen LogP contribution in [0.4, 0.5) is 11.5 Å². The van der Waals surface area contributed by atoms with E-state index < -0.39 is 0 Å². The second-order valence-electron chi connectivity index (χ2n) is 4.52. The smallest absolute Gasteiger partial charge is 0.224 e. The molecule has 1 heterocycles. The Bertz CT molecular complexity index is 818. The predicted octanol–water partition coefficient (Wildman–Crippen LogP) is 5.47. The third-order valence-electron chi connectivity index (χ3n) is 3.12. The zero-order chi connectivity index (χ0) is 15.0. The SMILES string of the molecule is CN(c1cccc(Br)c1)c1nc(Cl)nc2cc(Cl)ccc12. The molecule has 0 amide bonds. The summed E-state index contributed by atoms with van der Waals surface area (Å²) in [6, 6.07) is 13.5. The van der Waals surface area contributed by atoms with Crippen molar-refractivity contribution in [2.45, 2.75) is 0 Å². The largest absolute Gasteiger partial charge is 0.329 e. The molecule has 3 nitrogen and oxygen atoms in total. The summed E-state index contributed by atoms with van der Waals surface area (Å²) in [7, 11) is 1.94. The van der Waals surface area contributed by atoms with Gasteiger partial charge in [0.2, 0.25) is 5.28 Å². The molecule has 0 saturated heterocycles. The number of fused-ring (bicyclic) bond motifs is 1. The average molecular weight is 383 g/mol. The average Bonchev–Trinajstić information content (AvgIpc) is 2.45. The van der Waals surface area contributed by atoms with Gasteiger partial charge in [0.05, 0.1) is 5.52 Å². The van der Waals surface area contributed by atoms with Crippen molar-refractivity contribution in [3.63, 3.8) is 0 Å². The Morgan fingerprint density at radius 2 is 1.86 bits per heavy atom. The van der Waals surface area contributed by atoms with Crippen molar-refractivity contribution in [3.8, 4) is 0 Å². The molecule has 3 rings (SSSR count). The quantitative estimate of drug-likeness (QED) is 0.550. The summed E-state index contributed by atoms with van der Waals surface area (Å²) in [6.07, 6.45) is 0. The lowest BCUT2D eigenvalue weighted by Crippen LogP contribution is -2.12. The maximum Gasteiger partial charge on any atom is 0.224 e. The maximum absolute atomic E-state index is 6.04. The van der Waals surface area contributed by atoms with Crippen molar-refractivity contribution in [1.29, 1.82) is 0 Å². The topological polar surface area (TPSA) is 29.0 Å². The van der Waals surface area contributed by atoms with Crippen LogP contribution in [0.2, 0.25) is 10.3 Å². The molecule has 0 atom stereocenters. The van der Waals surface area contributed by atoms with E-state index in [0.29, 0.717) is 5.02 Å². The molecule has 0 fully saturated rings. The first-order chi connectivity index (χ1) is 10.0. The van der Waals surface area contributed by atoms with Crippen molar-refractivity contribution in [2.75, 3.05) is 11.9 Å². The third-order valence-corrected chi connectivity index (χ3v) is 4.02. The molecule has 3 aromatic rings. The van der Waals surface area contributed by atoms with Gasteiger partial charge in [-0.25, -0.2) is 4.98 Å². The summed E-state index contributed by atoms with van der Waals surface area (Å²) in [4.78, 5) is 10.6.